The molecule has 0 N–H and O–H groups in total. The zero-order valence-corrected chi connectivity index (χ0v) is 29.4. The van der Waals surface area contributed by atoms with E-state index in [1.165, 1.54) is 65.3 Å². The highest BCUT2D eigenvalue weighted by molar-refractivity contribution is 6.17. The SMILES string of the molecule is c1ccc2c(-c3ccc(-c4ccc(N(c5cc6ccccc6c6ccccc56)c5cccc6c5oc5ccccc56)cc4)c4ccccc34)cccc2c1. The van der Waals surface area contributed by atoms with Crippen LogP contribution in [0.15, 0.2) is 205 Å². The van der Waals surface area contributed by atoms with E-state index in [1.807, 2.05) is 6.07 Å². The molecule has 0 unspecified atom stereocenters. The molecule has 11 rings (SSSR count). The van der Waals surface area contributed by atoms with Gasteiger partial charge in [-0.15, -0.1) is 0 Å². The highest BCUT2D eigenvalue weighted by Crippen LogP contribution is 2.46. The zero-order valence-electron chi connectivity index (χ0n) is 29.4. The first-order valence-electron chi connectivity index (χ1n) is 18.5. The van der Waals surface area contributed by atoms with Gasteiger partial charge in [0.1, 0.15) is 5.58 Å². The number of furan rings is 1. The normalized spacial score (nSPS) is 11.7. The van der Waals surface area contributed by atoms with E-state index in [9.17, 15) is 0 Å². The summed E-state index contributed by atoms with van der Waals surface area (Å²) < 4.78 is 6.68. The maximum Gasteiger partial charge on any atom is 0.159 e. The Morgan fingerprint density at radius 3 is 1.69 bits per heavy atom. The van der Waals surface area contributed by atoms with E-state index in [0.717, 1.165) is 39.0 Å². The predicted molar refractivity (Wildman–Crippen MR) is 229 cm³/mol. The van der Waals surface area contributed by atoms with Crippen molar-refractivity contribution >= 4 is 82.1 Å². The number of para-hydroxylation sites is 2. The number of anilines is 3. The van der Waals surface area contributed by atoms with Crippen LogP contribution < -0.4 is 4.90 Å². The average Bonchev–Trinajstić information content (AvgIpc) is 3.63. The quantitative estimate of drug-likeness (QED) is 0.168. The van der Waals surface area contributed by atoms with Gasteiger partial charge in [0.15, 0.2) is 5.58 Å². The lowest BCUT2D eigenvalue weighted by Crippen LogP contribution is -2.11. The highest BCUT2D eigenvalue weighted by Gasteiger charge is 2.22. The third-order valence-corrected chi connectivity index (χ3v) is 11.1. The second-order valence-corrected chi connectivity index (χ2v) is 14.0. The van der Waals surface area contributed by atoms with Crippen LogP contribution in [-0.4, -0.2) is 0 Å². The van der Waals surface area contributed by atoms with Gasteiger partial charge in [-0.2, -0.15) is 0 Å². The largest absolute Gasteiger partial charge is 0.454 e. The van der Waals surface area contributed by atoms with E-state index in [1.54, 1.807) is 0 Å². The number of nitrogens with zero attached hydrogens (tertiary/aromatic N) is 1. The second kappa shape index (κ2) is 12.2. The standard InChI is InChI=1S/C52H33NO/c1-3-16-38-34(13-1)15-11-23-42(38)45-32-31-40(41-18-5-6-20-44(41)45)35-27-29-37(30-28-35)53(49-25-12-24-48-47-22-9-10-26-51(47)54-52(48)49)50-33-36-14-2-4-17-39(36)43-19-7-8-21-46(43)50/h1-33H. The van der Waals surface area contributed by atoms with Crippen molar-refractivity contribution in [3.05, 3.63) is 200 Å². The van der Waals surface area contributed by atoms with Crippen LogP contribution in [0.3, 0.4) is 0 Å². The van der Waals surface area contributed by atoms with Crippen LogP contribution in [0.4, 0.5) is 17.1 Å². The first-order chi connectivity index (χ1) is 26.8. The maximum atomic E-state index is 6.68. The summed E-state index contributed by atoms with van der Waals surface area (Å²) in [4.78, 5) is 2.38. The Balaban J connectivity index is 1.11. The predicted octanol–water partition coefficient (Wildman–Crippen LogP) is 15.0. The third kappa shape index (κ3) is 4.74. The van der Waals surface area contributed by atoms with Crippen molar-refractivity contribution in [1.29, 1.82) is 0 Å². The van der Waals surface area contributed by atoms with Crippen LogP contribution in [0, 0.1) is 0 Å². The number of benzene rings is 10. The lowest BCUT2D eigenvalue weighted by Gasteiger charge is -2.28. The van der Waals surface area contributed by atoms with Crippen molar-refractivity contribution in [3.63, 3.8) is 0 Å². The van der Waals surface area contributed by atoms with E-state index >= 15 is 0 Å². The van der Waals surface area contributed by atoms with Crippen molar-refractivity contribution in [2.45, 2.75) is 0 Å². The van der Waals surface area contributed by atoms with Crippen LogP contribution in [0.2, 0.25) is 0 Å². The van der Waals surface area contributed by atoms with E-state index in [2.05, 4.69) is 199 Å². The summed E-state index contributed by atoms with van der Waals surface area (Å²) in [6.07, 6.45) is 0. The third-order valence-electron chi connectivity index (χ3n) is 11.1. The van der Waals surface area contributed by atoms with Crippen LogP contribution in [-0.2, 0) is 0 Å². The number of hydrogen-bond donors (Lipinski definition) is 0. The van der Waals surface area contributed by atoms with Gasteiger partial charge in [0.2, 0.25) is 0 Å². The molecule has 0 saturated heterocycles. The van der Waals surface area contributed by atoms with Crippen LogP contribution in [0.1, 0.15) is 0 Å². The molecule has 0 radical (unpaired) electrons. The van der Waals surface area contributed by atoms with E-state index in [0.29, 0.717) is 0 Å². The van der Waals surface area contributed by atoms with Gasteiger partial charge in [-0.25, -0.2) is 0 Å². The molecule has 1 heterocycles. The van der Waals surface area contributed by atoms with Crippen LogP contribution in [0.5, 0.6) is 0 Å². The van der Waals surface area contributed by atoms with Crippen molar-refractivity contribution in [2.24, 2.45) is 0 Å². The monoisotopic (exact) mass is 687 g/mol. The topological polar surface area (TPSA) is 16.4 Å². The molecule has 2 heteroatoms. The van der Waals surface area contributed by atoms with Gasteiger partial charge in [0.05, 0.1) is 11.4 Å². The second-order valence-electron chi connectivity index (χ2n) is 14.0. The molecular weight excluding hydrogens is 655 g/mol. The van der Waals surface area contributed by atoms with E-state index in [4.69, 9.17) is 4.42 Å². The van der Waals surface area contributed by atoms with Crippen molar-refractivity contribution < 1.29 is 4.42 Å². The van der Waals surface area contributed by atoms with Crippen molar-refractivity contribution in [3.8, 4) is 22.3 Å². The minimum Gasteiger partial charge on any atom is -0.454 e. The summed E-state index contributed by atoms with van der Waals surface area (Å²) in [5.41, 5.74) is 9.81. The Kier molecular flexibility index (Phi) is 6.90. The molecular formula is C52H33NO. The molecule has 0 aliphatic rings. The van der Waals surface area contributed by atoms with Gasteiger partial charge in [-0.3, -0.25) is 0 Å². The van der Waals surface area contributed by atoms with Crippen molar-refractivity contribution in [2.75, 3.05) is 4.90 Å². The molecule has 252 valence electrons. The molecule has 0 fully saturated rings. The minimum absolute atomic E-state index is 0.870. The van der Waals surface area contributed by atoms with Gasteiger partial charge in [-0.1, -0.05) is 170 Å². The van der Waals surface area contributed by atoms with Crippen LogP contribution in [0.25, 0.3) is 87.3 Å². The van der Waals surface area contributed by atoms with Gasteiger partial charge < -0.3 is 9.32 Å². The highest BCUT2D eigenvalue weighted by atomic mass is 16.3. The van der Waals surface area contributed by atoms with Gasteiger partial charge >= 0.3 is 0 Å². The summed E-state index contributed by atoms with van der Waals surface area (Å²) >= 11 is 0. The maximum absolute atomic E-state index is 6.68. The molecule has 0 aliphatic carbocycles. The summed E-state index contributed by atoms with van der Waals surface area (Å²) in [5.74, 6) is 0. The number of rotatable bonds is 5. The molecule has 0 atom stereocenters. The first kappa shape index (κ1) is 30.5. The Morgan fingerprint density at radius 2 is 0.870 bits per heavy atom. The minimum atomic E-state index is 0.870. The summed E-state index contributed by atoms with van der Waals surface area (Å²) in [7, 11) is 0. The lowest BCUT2D eigenvalue weighted by molar-refractivity contribution is 0.669. The van der Waals surface area contributed by atoms with Crippen LogP contribution >= 0.6 is 0 Å². The van der Waals surface area contributed by atoms with Gasteiger partial charge in [0.25, 0.3) is 0 Å². The molecule has 2 nitrogen and oxygen atoms in total. The van der Waals surface area contributed by atoms with E-state index < -0.39 is 0 Å². The van der Waals surface area contributed by atoms with Gasteiger partial charge in [-0.05, 0) is 90.3 Å². The lowest BCUT2D eigenvalue weighted by atomic mass is 9.90. The molecule has 0 aliphatic heterocycles. The molecule has 0 bridgehead atoms. The number of fused-ring (bicyclic) bond motifs is 8. The Hall–Kier alpha value is -7.16. The molecule has 0 spiro atoms. The first-order valence-corrected chi connectivity index (χ1v) is 18.5. The van der Waals surface area contributed by atoms with Crippen molar-refractivity contribution in [1.82, 2.24) is 0 Å². The van der Waals surface area contributed by atoms with Gasteiger partial charge in [0, 0.05) is 21.8 Å². The fraction of sp³-hybridized carbons (Fsp3) is 0. The fourth-order valence-electron chi connectivity index (χ4n) is 8.57. The Morgan fingerprint density at radius 1 is 0.315 bits per heavy atom. The molecule has 11 aromatic rings. The molecule has 1 aromatic heterocycles. The Labute approximate surface area is 312 Å². The summed E-state index contributed by atoms with van der Waals surface area (Å²) in [5, 5.41) is 12.1. The fourth-order valence-corrected chi connectivity index (χ4v) is 8.57. The molecule has 10 aromatic carbocycles. The Bertz CT molecular complexity index is 3220. The van der Waals surface area contributed by atoms with E-state index in [-0.39, 0.29) is 0 Å². The smallest absolute Gasteiger partial charge is 0.159 e. The summed E-state index contributed by atoms with van der Waals surface area (Å²) in [6.45, 7) is 0. The number of hydrogen-bond acceptors (Lipinski definition) is 2. The molecule has 0 amide bonds. The average molecular weight is 688 g/mol. The summed E-state index contributed by atoms with van der Waals surface area (Å²) in [6, 6.07) is 72.2. The molecule has 54 heavy (non-hydrogen) atoms. The zero-order chi connectivity index (χ0) is 35.6. The molecule has 0 saturated carbocycles.